The van der Waals surface area contributed by atoms with Crippen molar-refractivity contribution < 1.29 is 52.0 Å². The summed E-state index contributed by atoms with van der Waals surface area (Å²) in [6.45, 7) is 3.66. The number of hydrogen-bond acceptors (Lipinski definition) is 10. The topological polar surface area (TPSA) is 175 Å². The van der Waals surface area contributed by atoms with Crippen LogP contribution in [-0.2, 0) is 47.1 Å². The van der Waals surface area contributed by atoms with Crippen LogP contribution in [0, 0.1) is 11.8 Å². The second kappa shape index (κ2) is 39.7. The fourth-order valence-corrected chi connectivity index (χ4v) is 9.22. The Balaban J connectivity index is 1.69. The summed E-state index contributed by atoms with van der Waals surface area (Å²) in [5.41, 5.74) is 0. The molecular weight excluding hydrogens is 872 g/mol. The number of allylic oxidation sites excluding steroid dienone is 4. The molecule has 0 saturated heterocycles. The summed E-state index contributed by atoms with van der Waals surface area (Å²) in [4.78, 5) is 73.7. The molecule has 0 radical (unpaired) electrons. The van der Waals surface area contributed by atoms with E-state index in [1.54, 1.807) is 0 Å². The molecule has 384 valence electrons. The number of hydrogen-bond donors (Lipinski definition) is 2. The zero-order chi connectivity index (χ0) is 48.6. The van der Waals surface area contributed by atoms with Crippen LogP contribution in [0.3, 0.4) is 0 Å². The summed E-state index contributed by atoms with van der Waals surface area (Å²) in [6.07, 6.45) is 43.4. The predicted molar refractivity (Wildman–Crippen MR) is 266 cm³/mol. The second-order valence-corrected chi connectivity index (χ2v) is 20.1. The van der Waals surface area contributed by atoms with E-state index < -0.39 is 32.5 Å². The van der Waals surface area contributed by atoms with Crippen LogP contribution in [0.5, 0.6) is 0 Å². The highest BCUT2D eigenvalue weighted by atomic mass is 31.2. The van der Waals surface area contributed by atoms with Crippen LogP contribution in [0.2, 0.25) is 0 Å². The van der Waals surface area contributed by atoms with Gasteiger partial charge in [-0.25, -0.2) is 4.57 Å². The van der Waals surface area contributed by atoms with Crippen LogP contribution in [0.25, 0.3) is 0 Å². The molecule has 2 rings (SSSR count). The quantitative estimate of drug-likeness (QED) is 0.0196. The number of unbranched alkanes of at least 4 members (excludes halogenated alkanes) is 22. The molecule has 1 aliphatic carbocycles. The minimum absolute atomic E-state index is 0.0303. The molecule has 0 aromatic heterocycles. The molecule has 0 bridgehead atoms. The first-order chi connectivity index (χ1) is 32.5. The van der Waals surface area contributed by atoms with Crippen molar-refractivity contribution >= 4 is 37.5 Å². The molecular formula is C53H91N2O11P. The van der Waals surface area contributed by atoms with Gasteiger partial charge < -0.3 is 19.7 Å². The standard InChI is InChI=1S/C53H91N2O11P/c1-3-5-7-9-11-13-15-17-19-21-23-25-27-29-31-33-51(58)63-44-48(66-52(59)34-32-30-28-26-24-22-20-18-16-14-12-10-8-6-4-2)45-65-67(61,62)64-42-41-54-53(60)47-37-35-46(36-38-47)43-55-49(56)39-40-50(55)57/h17-20,39-40,46-48H,3-16,21-38,41-45H2,1-2H3,(H,54,60)(H,61,62)/b19-17-,20-18-/t46?,47?,48-/m1/s1. The van der Waals surface area contributed by atoms with Gasteiger partial charge in [-0.1, -0.05) is 141 Å². The number of phosphoric acid groups is 1. The van der Waals surface area contributed by atoms with Gasteiger partial charge in [0, 0.05) is 44.0 Å². The van der Waals surface area contributed by atoms with Gasteiger partial charge in [0.25, 0.3) is 11.8 Å². The fourth-order valence-electron chi connectivity index (χ4n) is 8.47. The Bertz CT molecular complexity index is 1470. The highest BCUT2D eigenvalue weighted by Crippen LogP contribution is 2.43. The third-order valence-corrected chi connectivity index (χ3v) is 13.6. The number of nitrogens with one attached hydrogen (secondary N) is 1. The molecule has 0 spiro atoms. The van der Waals surface area contributed by atoms with E-state index in [9.17, 15) is 33.4 Å². The number of carbonyl (C=O) groups is 5. The number of nitrogens with zero attached hydrogens (tertiary/aromatic N) is 1. The molecule has 2 N–H and O–H groups in total. The van der Waals surface area contributed by atoms with Gasteiger partial charge >= 0.3 is 19.8 Å². The van der Waals surface area contributed by atoms with E-state index in [2.05, 4.69) is 43.5 Å². The lowest BCUT2D eigenvalue weighted by Crippen LogP contribution is -2.39. The fraction of sp³-hybridized carbons (Fsp3) is 0.792. The Morgan fingerprint density at radius 1 is 0.642 bits per heavy atom. The maximum atomic E-state index is 12.8. The molecule has 2 atom stereocenters. The third kappa shape index (κ3) is 32.3. The van der Waals surface area contributed by atoms with E-state index in [0.717, 1.165) is 77.0 Å². The zero-order valence-electron chi connectivity index (χ0n) is 41.8. The van der Waals surface area contributed by atoms with Crippen LogP contribution in [-0.4, -0.2) is 78.5 Å². The van der Waals surface area contributed by atoms with Crippen LogP contribution < -0.4 is 5.32 Å². The summed E-state index contributed by atoms with van der Waals surface area (Å²) in [6, 6.07) is 0. The first kappa shape index (κ1) is 60.0. The summed E-state index contributed by atoms with van der Waals surface area (Å²) in [5, 5.41) is 2.74. The van der Waals surface area contributed by atoms with Gasteiger partial charge in [0.2, 0.25) is 5.91 Å². The summed E-state index contributed by atoms with van der Waals surface area (Å²) >= 11 is 0. The molecule has 3 amide bonds. The minimum Gasteiger partial charge on any atom is -0.462 e. The normalized spacial score (nSPS) is 17.7. The Morgan fingerprint density at radius 2 is 1.09 bits per heavy atom. The smallest absolute Gasteiger partial charge is 0.462 e. The molecule has 0 aromatic rings. The Kier molecular flexibility index (Phi) is 35.6. The van der Waals surface area contributed by atoms with Gasteiger partial charge in [-0.15, -0.1) is 0 Å². The number of carbonyl (C=O) groups excluding carboxylic acids is 5. The van der Waals surface area contributed by atoms with Crippen molar-refractivity contribution in [2.24, 2.45) is 11.8 Å². The van der Waals surface area contributed by atoms with Crippen molar-refractivity contribution in [3.8, 4) is 0 Å². The number of amides is 3. The second-order valence-electron chi connectivity index (χ2n) is 18.7. The average molecular weight is 963 g/mol. The molecule has 13 nitrogen and oxygen atoms in total. The van der Waals surface area contributed by atoms with Crippen LogP contribution in [0.1, 0.15) is 219 Å². The monoisotopic (exact) mass is 963 g/mol. The van der Waals surface area contributed by atoms with Crippen LogP contribution >= 0.6 is 7.82 Å². The van der Waals surface area contributed by atoms with Crippen LogP contribution in [0.15, 0.2) is 36.5 Å². The van der Waals surface area contributed by atoms with Crippen molar-refractivity contribution in [2.45, 2.75) is 225 Å². The number of esters is 2. The molecule has 1 unspecified atom stereocenters. The van der Waals surface area contributed by atoms with E-state index >= 15 is 0 Å². The van der Waals surface area contributed by atoms with E-state index in [4.69, 9.17) is 18.5 Å². The molecule has 67 heavy (non-hydrogen) atoms. The first-order valence-electron chi connectivity index (χ1n) is 26.6. The van der Waals surface area contributed by atoms with E-state index in [1.807, 2.05) is 0 Å². The molecule has 0 aromatic carbocycles. The predicted octanol–water partition coefficient (Wildman–Crippen LogP) is 12.5. The van der Waals surface area contributed by atoms with Crippen molar-refractivity contribution in [1.82, 2.24) is 10.2 Å². The number of rotatable bonds is 43. The van der Waals surface area contributed by atoms with E-state index in [0.29, 0.717) is 45.1 Å². The highest BCUT2D eigenvalue weighted by Gasteiger charge is 2.32. The molecule has 2 aliphatic rings. The highest BCUT2D eigenvalue weighted by molar-refractivity contribution is 7.47. The average Bonchev–Trinajstić information content (AvgIpc) is 3.63. The van der Waals surface area contributed by atoms with Crippen molar-refractivity contribution in [3.05, 3.63) is 36.5 Å². The Hall–Kier alpha value is -3.12. The summed E-state index contributed by atoms with van der Waals surface area (Å²) in [5.74, 6) is -1.87. The van der Waals surface area contributed by atoms with Gasteiger partial charge in [-0.05, 0) is 95.8 Å². The van der Waals surface area contributed by atoms with E-state index in [-0.39, 0.29) is 62.2 Å². The Morgan fingerprint density at radius 3 is 1.58 bits per heavy atom. The molecule has 14 heteroatoms. The van der Waals surface area contributed by atoms with Gasteiger partial charge in [0.05, 0.1) is 13.2 Å². The number of imide groups is 1. The molecule has 1 fully saturated rings. The lowest BCUT2D eigenvalue weighted by molar-refractivity contribution is -0.161. The number of ether oxygens (including phenoxy) is 2. The van der Waals surface area contributed by atoms with Crippen molar-refractivity contribution in [3.63, 3.8) is 0 Å². The lowest BCUT2D eigenvalue weighted by atomic mass is 9.81. The minimum atomic E-state index is -4.62. The number of phosphoric ester groups is 1. The van der Waals surface area contributed by atoms with Gasteiger partial charge in [-0.3, -0.25) is 37.9 Å². The van der Waals surface area contributed by atoms with Crippen molar-refractivity contribution in [1.29, 1.82) is 0 Å². The molecule has 1 aliphatic heterocycles. The Labute approximate surface area is 405 Å². The third-order valence-electron chi connectivity index (χ3n) is 12.7. The maximum Gasteiger partial charge on any atom is 0.472 e. The lowest BCUT2D eigenvalue weighted by Gasteiger charge is -2.30. The van der Waals surface area contributed by atoms with Gasteiger partial charge in [0.15, 0.2) is 6.10 Å². The maximum absolute atomic E-state index is 12.8. The van der Waals surface area contributed by atoms with Gasteiger partial charge in [-0.2, -0.15) is 0 Å². The molecule has 1 saturated carbocycles. The SMILES string of the molecule is CCCCCCCC/C=C\CCCCCCCC(=O)OC[C@H](COP(=O)(O)OCCNC(=O)C1CCC(CN2C(=O)C=CC2=O)CC1)OC(=O)CCCCCCC/C=C\CCCCCCCC. The van der Waals surface area contributed by atoms with Crippen molar-refractivity contribution in [2.75, 3.05) is 32.9 Å². The summed E-state index contributed by atoms with van der Waals surface area (Å²) in [7, 11) is -4.62. The largest absolute Gasteiger partial charge is 0.472 e. The van der Waals surface area contributed by atoms with Crippen LogP contribution in [0.4, 0.5) is 0 Å². The van der Waals surface area contributed by atoms with Gasteiger partial charge in [0.1, 0.15) is 6.61 Å². The molecule has 1 heterocycles. The first-order valence-corrected chi connectivity index (χ1v) is 28.1. The summed E-state index contributed by atoms with van der Waals surface area (Å²) < 4.78 is 34.1. The zero-order valence-corrected chi connectivity index (χ0v) is 42.7. The van der Waals surface area contributed by atoms with E-state index in [1.165, 1.54) is 94.1 Å².